The third-order valence-corrected chi connectivity index (χ3v) is 9.55. The van der Waals surface area contributed by atoms with Gasteiger partial charge in [0.25, 0.3) is 0 Å². The fourth-order valence-corrected chi connectivity index (χ4v) is 6.76. The van der Waals surface area contributed by atoms with E-state index in [-0.39, 0.29) is 50.1 Å². The van der Waals surface area contributed by atoms with Gasteiger partial charge in [0.15, 0.2) is 0 Å². The first-order valence-corrected chi connectivity index (χ1v) is 18.8. The van der Waals surface area contributed by atoms with Crippen LogP contribution in [0.3, 0.4) is 0 Å². The number of rotatable bonds is 11. The summed E-state index contributed by atoms with van der Waals surface area (Å²) in [6, 6.07) is 11.6. The molecule has 9 N–H and O–H groups in total. The lowest BCUT2D eigenvalue weighted by molar-refractivity contribution is -0.134. The molecule has 1 saturated heterocycles. The third kappa shape index (κ3) is 12.4. The smallest absolute Gasteiger partial charge is 0.243 e. The zero-order valence-electron chi connectivity index (χ0n) is 31.9. The number of aromatic nitrogens is 1. The van der Waals surface area contributed by atoms with Crippen molar-refractivity contribution in [1.82, 2.24) is 36.9 Å². The molecule has 1 aliphatic heterocycles. The van der Waals surface area contributed by atoms with Gasteiger partial charge in [-0.25, -0.2) is 0 Å². The van der Waals surface area contributed by atoms with Crippen LogP contribution in [0.5, 0.6) is 0 Å². The standard InChI is InChI=1S/C40H56N8O6/c1-23(2)17-31-25(5)44-32(18-24(3)4)39(53)46-30(15-16-35(41)49)38(52)48-34(20-27-21-42-29-14-10-9-13-28(27)29)40(54)47-33(19-26-11-7-6-8-12-26)37(51)43-22-36(50)45-31/h6-14,21,23-25,30-34,42,44H,15-20,22H2,1-5H3,(H2,41,49)(H,43,51)(H,45,50)(H,46,53)(H,47,54)(H,48,52)/t25?,30-,31-,32-,33-,34-/m0/s1. The van der Waals surface area contributed by atoms with Crippen molar-refractivity contribution < 1.29 is 28.8 Å². The normalized spacial score (nSPS) is 23.9. The lowest BCUT2D eigenvalue weighted by Gasteiger charge is -2.32. The number of fused-ring (bicyclic) bond motifs is 1. The third-order valence-electron chi connectivity index (χ3n) is 9.55. The van der Waals surface area contributed by atoms with Gasteiger partial charge in [0.1, 0.15) is 18.1 Å². The highest BCUT2D eigenvalue weighted by Gasteiger charge is 2.34. The molecule has 2 heterocycles. The Morgan fingerprint density at radius 1 is 0.722 bits per heavy atom. The number of H-pyrrole nitrogens is 1. The number of carbonyl (C=O) groups excluding carboxylic acids is 6. The molecule has 292 valence electrons. The average molecular weight is 745 g/mol. The van der Waals surface area contributed by atoms with Crippen molar-refractivity contribution >= 4 is 46.3 Å². The summed E-state index contributed by atoms with van der Waals surface area (Å²) in [5, 5.41) is 18.4. The molecule has 1 aliphatic rings. The number of nitrogens with two attached hydrogens (primary N) is 1. The molecule has 4 rings (SSSR count). The summed E-state index contributed by atoms with van der Waals surface area (Å²) in [5.41, 5.74) is 7.82. The van der Waals surface area contributed by atoms with E-state index in [1.54, 1.807) is 6.20 Å². The van der Waals surface area contributed by atoms with E-state index in [4.69, 9.17) is 5.73 Å². The molecule has 6 amide bonds. The quantitative estimate of drug-likeness (QED) is 0.145. The van der Waals surface area contributed by atoms with Crippen LogP contribution in [-0.2, 0) is 41.6 Å². The molecule has 0 radical (unpaired) electrons. The van der Waals surface area contributed by atoms with Crippen LogP contribution in [0.1, 0.15) is 71.4 Å². The number of para-hydroxylation sites is 1. The molecule has 1 fully saturated rings. The number of primary amides is 1. The first-order chi connectivity index (χ1) is 25.7. The van der Waals surface area contributed by atoms with E-state index in [0.717, 1.165) is 22.0 Å². The fourth-order valence-electron chi connectivity index (χ4n) is 6.76. The zero-order valence-corrected chi connectivity index (χ0v) is 31.9. The molecule has 6 atom stereocenters. The summed E-state index contributed by atoms with van der Waals surface area (Å²) in [7, 11) is 0. The number of benzene rings is 2. The second kappa shape index (κ2) is 19.7. The van der Waals surface area contributed by atoms with Gasteiger partial charge in [0.2, 0.25) is 35.4 Å². The molecule has 0 bridgehead atoms. The van der Waals surface area contributed by atoms with Crippen molar-refractivity contribution in [2.45, 2.75) is 109 Å². The number of aromatic amines is 1. The second-order valence-corrected chi connectivity index (χ2v) is 15.1. The first-order valence-electron chi connectivity index (χ1n) is 18.8. The monoisotopic (exact) mass is 744 g/mol. The van der Waals surface area contributed by atoms with E-state index >= 15 is 0 Å². The van der Waals surface area contributed by atoms with E-state index < -0.39 is 65.7 Å². The Morgan fingerprint density at radius 3 is 1.98 bits per heavy atom. The zero-order chi connectivity index (χ0) is 39.4. The maximum atomic E-state index is 14.3. The topological polar surface area (TPSA) is 216 Å². The van der Waals surface area contributed by atoms with Gasteiger partial charge in [0.05, 0.1) is 12.6 Å². The van der Waals surface area contributed by atoms with Crippen LogP contribution in [0.25, 0.3) is 10.9 Å². The van der Waals surface area contributed by atoms with Crippen LogP contribution in [0.2, 0.25) is 0 Å². The molecule has 2 aromatic carbocycles. The van der Waals surface area contributed by atoms with Gasteiger partial charge in [-0.15, -0.1) is 0 Å². The van der Waals surface area contributed by atoms with Crippen molar-refractivity contribution in [2.24, 2.45) is 17.6 Å². The molecule has 3 aromatic rings. The SMILES string of the molecule is CC(C)C[C@@H]1NC(C)[C@H](CC(C)C)NC(=O)CNC(=O)[C@H](Cc2ccccc2)NC(=O)[C@H](Cc2c[nH]c3ccccc23)NC(=O)[C@H](CCC(N)=O)NC1=O. The molecule has 54 heavy (non-hydrogen) atoms. The Labute approximate surface area is 316 Å². The maximum absolute atomic E-state index is 14.3. The van der Waals surface area contributed by atoms with Gasteiger partial charge in [-0.1, -0.05) is 76.2 Å². The summed E-state index contributed by atoms with van der Waals surface area (Å²) in [4.78, 5) is 84.6. The summed E-state index contributed by atoms with van der Waals surface area (Å²) >= 11 is 0. The molecular weight excluding hydrogens is 688 g/mol. The Kier molecular flexibility index (Phi) is 15.2. The van der Waals surface area contributed by atoms with Crippen LogP contribution in [-0.4, -0.2) is 83.2 Å². The predicted molar refractivity (Wildman–Crippen MR) is 207 cm³/mol. The number of amides is 6. The molecule has 1 aromatic heterocycles. The van der Waals surface area contributed by atoms with Gasteiger partial charge in [-0.2, -0.15) is 0 Å². The maximum Gasteiger partial charge on any atom is 0.243 e. The van der Waals surface area contributed by atoms with Crippen LogP contribution in [0.15, 0.2) is 60.8 Å². The van der Waals surface area contributed by atoms with Gasteiger partial charge in [-0.05, 0) is 55.2 Å². The predicted octanol–water partition coefficient (Wildman–Crippen LogP) is 1.73. The second-order valence-electron chi connectivity index (χ2n) is 15.1. The number of nitrogens with one attached hydrogen (secondary N) is 7. The summed E-state index contributed by atoms with van der Waals surface area (Å²) < 4.78 is 0. The van der Waals surface area contributed by atoms with E-state index in [0.29, 0.717) is 12.8 Å². The molecule has 0 aliphatic carbocycles. The van der Waals surface area contributed by atoms with E-state index in [1.807, 2.05) is 89.2 Å². The van der Waals surface area contributed by atoms with Gasteiger partial charge >= 0.3 is 0 Å². The number of hydrogen-bond donors (Lipinski definition) is 8. The van der Waals surface area contributed by atoms with Crippen molar-refractivity contribution in [2.75, 3.05) is 6.54 Å². The Bertz CT molecular complexity index is 1760. The number of hydrogen-bond acceptors (Lipinski definition) is 7. The van der Waals surface area contributed by atoms with Crippen molar-refractivity contribution in [3.63, 3.8) is 0 Å². The highest BCUT2D eigenvalue weighted by atomic mass is 16.2. The average Bonchev–Trinajstić information content (AvgIpc) is 3.53. The van der Waals surface area contributed by atoms with Gasteiger partial charge in [-0.3, -0.25) is 28.8 Å². The molecule has 1 unspecified atom stereocenters. The largest absolute Gasteiger partial charge is 0.370 e. The minimum atomic E-state index is -1.22. The number of carbonyl (C=O) groups is 6. The highest BCUT2D eigenvalue weighted by molar-refractivity contribution is 5.96. The summed E-state index contributed by atoms with van der Waals surface area (Å²) in [6.45, 7) is 9.52. The minimum Gasteiger partial charge on any atom is -0.370 e. The molecule has 0 saturated carbocycles. The Hall–Kier alpha value is -5.24. The van der Waals surface area contributed by atoms with Crippen LogP contribution in [0, 0.1) is 11.8 Å². The van der Waals surface area contributed by atoms with Crippen molar-refractivity contribution in [3.05, 3.63) is 71.9 Å². The summed E-state index contributed by atoms with van der Waals surface area (Å²) in [6.07, 6.45) is 2.59. The van der Waals surface area contributed by atoms with Crippen molar-refractivity contribution in [3.8, 4) is 0 Å². The fraction of sp³-hybridized carbons (Fsp3) is 0.500. The first kappa shape index (κ1) is 41.5. The van der Waals surface area contributed by atoms with Crippen LogP contribution >= 0.6 is 0 Å². The summed E-state index contributed by atoms with van der Waals surface area (Å²) in [5.74, 6) is -3.19. The molecule has 0 spiro atoms. The van der Waals surface area contributed by atoms with Crippen molar-refractivity contribution in [1.29, 1.82) is 0 Å². The van der Waals surface area contributed by atoms with Gasteiger partial charge < -0.3 is 42.6 Å². The Balaban J connectivity index is 1.75. The van der Waals surface area contributed by atoms with Crippen LogP contribution < -0.4 is 37.6 Å². The Morgan fingerprint density at radius 2 is 1.31 bits per heavy atom. The lowest BCUT2D eigenvalue weighted by atomic mass is 9.95. The highest BCUT2D eigenvalue weighted by Crippen LogP contribution is 2.20. The molecular formula is C40H56N8O6. The molecule has 14 heteroatoms. The van der Waals surface area contributed by atoms with E-state index in [2.05, 4.69) is 36.9 Å². The lowest BCUT2D eigenvalue weighted by Crippen LogP contribution is -2.61. The molecule has 14 nitrogen and oxygen atoms in total. The van der Waals surface area contributed by atoms with E-state index in [1.165, 1.54) is 0 Å². The minimum absolute atomic E-state index is 0.0342. The van der Waals surface area contributed by atoms with E-state index in [9.17, 15) is 28.8 Å². The van der Waals surface area contributed by atoms with Gasteiger partial charge in [0, 0.05) is 48.4 Å². The van der Waals surface area contributed by atoms with Crippen LogP contribution in [0.4, 0.5) is 0 Å².